The number of urea groups is 1. The monoisotopic (exact) mass is 313 g/mol. The number of ether oxygens (including phenoxy) is 1. The van der Waals surface area contributed by atoms with Crippen molar-refractivity contribution in [2.45, 2.75) is 25.5 Å². The van der Waals surface area contributed by atoms with Crippen molar-refractivity contribution >= 4 is 29.5 Å². The van der Waals surface area contributed by atoms with Crippen LogP contribution in [-0.4, -0.2) is 24.0 Å². The van der Waals surface area contributed by atoms with Gasteiger partial charge in [0.15, 0.2) is 6.10 Å². The third-order valence-electron chi connectivity index (χ3n) is 2.67. The van der Waals surface area contributed by atoms with Crippen LogP contribution in [0.5, 0.6) is 0 Å². The number of amides is 3. The molecule has 0 aromatic heterocycles. The first-order valence-corrected chi connectivity index (χ1v) is 6.47. The molecule has 0 aliphatic heterocycles. The van der Waals surface area contributed by atoms with E-state index in [2.05, 4.69) is 5.32 Å². The zero-order valence-corrected chi connectivity index (χ0v) is 12.1. The first-order valence-electron chi connectivity index (χ1n) is 6.10. The topological polar surface area (TPSA) is 125 Å². The van der Waals surface area contributed by atoms with Gasteiger partial charge in [0.2, 0.25) is 0 Å². The molecule has 114 valence electrons. The minimum absolute atomic E-state index is 0.192. The molecule has 1 aromatic rings. The molecule has 1 aromatic carbocycles. The van der Waals surface area contributed by atoms with Crippen molar-refractivity contribution in [2.24, 2.45) is 11.5 Å². The van der Waals surface area contributed by atoms with Gasteiger partial charge in [-0.05, 0) is 24.6 Å². The summed E-state index contributed by atoms with van der Waals surface area (Å²) in [5.74, 6) is -1.44. The Bertz CT molecular complexity index is 533. The Labute approximate surface area is 126 Å². The second-order valence-corrected chi connectivity index (χ2v) is 4.79. The molecule has 0 saturated carbocycles. The van der Waals surface area contributed by atoms with Crippen LogP contribution in [0.4, 0.5) is 4.79 Å². The lowest BCUT2D eigenvalue weighted by Gasteiger charge is -2.18. The highest BCUT2D eigenvalue weighted by Crippen LogP contribution is 2.20. The van der Waals surface area contributed by atoms with E-state index in [4.69, 9.17) is 27.8 Å². The summed E-state index contributed by atoms with van der Waals surface area (Å²) in [4.78, 5) is 33.6. The van der Waals surface area contributed by atoms with Gasteiger partial charge < -0.3 is 21.5 Å². The molecule has 0 saturated heterocycles. The number of esters is 1. The fourth-order valence-electron chi connectivity index (χ4n) is 1.59. The molecule has 8 heteroatoms. The molecule has 0 bridgehead atoms. The lowest BCUT2D eigenvalue weighted by atomic mass is 10.0. The van der Waals surface area contributed by atoms with E-state index in [1.165, 1.54) is 6.92 Å². The molecular formula is C13H16ClN3O4. The minimum atomic E-state index is -1.04. The van der Waals surface area contributed by atoms with E-state index in [0.717, 1.165) is 0 Å². The summed E-state index contributed by atoms with van der Waals surface area (Å²) in [6.07, 6.45) is -1.24. The molecular weight excluding hydrogens is 298 g/mol. The maximum absolute atomic E-state index is 11.7. The van der Waals surface area contributed by atoms with Gasteiger partial charge in [0, 0.05) is 5.02 Å². The van der Waals surface area contributed by atoms with Gasteiger partial charge in [-0.2, -0.15) is 0 Å². The van der Waals surface area contributed by atoms with Crippen molar-refractivity contribution in [3.63, 3.8) is 0 Å². The average Bonchev–Trinajstić information content (AvgIpc) is 2.38. The van der Waals surface area contributed by atoms with Crippen molar-refractivity contribution in [1.29, 1.82) is 0 Å². The lowest BCUT2D eigenvalue weighted by Crippen LogP contribution is -2.36. The number of carbonyl (C=O) groups excluding carboxylic acids is 3. The Balaban J connectivity index is 2.79. The molecule has 0 unspecified atom stereocenters. The first kappa shape index (κ1) is 16.8. The maximum atomic E-state index is 11.7. The SMILES string of the molecule is C[C@@H](OC(=O)C[C@@H](NC(N)=O)c1ccc(Cl)cc1)C(N)=O. The van der Waals surface area contributed by atoms with Crippen LogP contribution in [0.15, 0.2) is 24.3 Å². The summed E-state index contributed by atoms with van der Waals surface area (Å²) in [7, 11) is 0. The third kappa shape index (κ3) is 5.70. The first-order chi connectivity index (χ1) is 9.79. The molecule has 21 heavy (non-hydrogen) atoms. The molecule has 0 heterocycles. The van der Waals surface area contributed by atoms with Crippen LogP contribution in [0, 0.1) is 0 Å². The van der Waals surface area contributed by atoms with Crippen molar-refractivity contribution in [1.82, 2.24) is 5.32 Å². The van der Waals surface area contributed by atoms with Crippen molar-refractivity contribution in [3.05, 3.63) is 34.9 Å². The summed E-state index contributed by atoms with van der Waals surface area (Å²) in [6.45, 7) is 1.36. The third-order valence-corrected chi connectivity index (χ3v) is 2.92. The Morgan fingerprint density at radius 3 is 2.29 bits per heavy atom. The van der Waals surface area contributed by atoms with E-state index in [9.17, 15) is 14.4 Å². The van der Waals surface area contributed by atoms with Crippen LogP contribution in [-0.2, 0) is 14.3 Å². The summed E-state index contributed by atoms with van der Waals surface area (Å²) >= 11 is 5.78. The van der Waals surface area contributed by atoms with Crippen molar-refractivity contribution in [3.8, 4) is 0 Å². The molecule has 0 fully saturated rings. The van der Waals surface area contributed by atoms with Crippen LogP contribution in [0.2, 0.25) is 5.02 Å². The number of nitrogens with one attached hydrogen (secondary N) is 1. The fourth-order valence-corrected chi connectivity index (χ4v) is 1.72. The number of carbonyl (C=O) groups is 3. The van der Waals surface area contributed by atoms with Gasteiger partial charge in [-0.25, -0.2) is 4.79 Å². The summed E-state index contributed by atoms with van der Waals surface area (Å²) < 4.78 is 4.84. The van der Waals surface area contributed by atoms with E-state index in [1.54, 1.807) is 24.3 Å². The number of hydrogen-bond donors (Lipinski definition) is 3. The van der Waals surface area contributed by atoms with Gasteiger partial charge in [0.05, 0.1) is 12.5 Å². The van der Waals surface area contributed by atoms with Crippen molar-refractivity contribution in [2.75, 3.05) is 0 Å². The second-order valence-electron chi connectivity index (χ2n) is 4.35. The van der Waals surface area contributed by atoms with Crippen LogP contribution in [0.1, 0.15) is 24.9 Å². The largest absolute Gasteiger partial charge is 0.452 e. The van der Waals surface area contributed by atoms with Gasteiger partial charge in [-0.1, -0.05) is 23.7 Å². The van der Waals surface area contributed by atoms with Crippen LogP contribution in [0.25, 0.3) is 0 Å². The highest BCUT2D eigenvalue weighted by molar-refractivity contribution is 6.30. The van der Waals surface area contributed by atoms with Gasteiger partial charge in [0.1, 0.15) is 0 Å². The smallest absolute Gasteiger partial charge is 0.312 e. The number of primary amides is 2. The predicted octanol–water partition coefficient (Wildman–Crippen LogP) is 0.857. The average molecular weight is 314 g/mol. The fraction of sp³-hybridized carbons (Fsp3) is 0.308. The van der Waals surface area contributed by atoms with Gasteiger partial charge in [0.25, 0.3) is 5.91 Å². The molecule has 5 N–H and O–H groups in total. The quantitative estimate of drug-likeness (QED) is 0.673. The lowest BCUT2D eigenvalue weighted by molar-refractivity contribution is -0.154. The van der Waals surface area contributed by atoms with Crippen LogP contribution >= 0.6 is 11.6 Å². The van der Waals surface area contributed by atoms with E-state index in [1.807, 2.05) is 0 Å². The number of rotatable bonds is 6. The van der Waals surface area contributed by atoms with E-state index in [0.29, 0.717) is 10.6 Å². The Kier molecular flexibility index (Phi) is 5.98. The molecule has 0 aliphatic rings. The van der Waals surface area contributed by atoms with Crippen LogP contribution < -0.4 is 16.8 Å². The minimum Gasteiger partial charge on any atom is -0.452 e. The molecule has 0 radical (unpaired) electrons. The molecule has 1 rings (SSSR count). The van der Waals surface area contributed by atoms with E-state index < -0.39 is 30.1 Å². The number of halogens is 1. The molecule has 0 spiro atoms. The molecule has 7 nitrogen and oxygen atoms in total. The van der Waals surface area contributed by atoms with Gasteiger partial charge in [-0.15, -0.1) is 0 Å². The summed E-state index contributed by atoms with van der Waals surface area (Å²) in [5.41, 5.74) is 10.7. The van der Waals surface area contributed by atoms with Gasteiger partial charge in [-0.3, -0.25) is 9.59 Å². The highest BCUT2D eigenvalue weighted by atomic mass is 35.5. The zero-order valence-electron chi connectivity index (χ0n) is 11.3. The Morgan fingerprint density at radius 1 is 1.24 bits per heavy atom. The van der Waals surface area contributed by atoms with Crippen LogP contribution in [0.3, 0.4) is 0 Å². The van der Waals surface area contributed by atoms with E-state index >= 15 is 0 Å². The Hall–Kier alpha value is -2.28. The molecule has 2 atom stereocenters. The zero-order chi connectivity index (χ0) is 16.0. The number of benzene rings is 1. The molecule has 0 aliphatic carbocycles. The standard InChI is InChI=1S/C13H16ClN3O4/c1-7(12(15)19)21-11(18)6-10(17-13(16)20)8-2-4-9(14)5-3-8/h2-5,7,10H,6H2,1H3,(H2,15,19)(H3,16,17,20)/t7-,10-/m1/s1. The van der Waals surface area contributed by atoms with E-state index in [-0.39, 0.29) is 6.42 Å². The summed E-state index contributed by atoms with van der Waals surface area (Å²) in [6, 6.07) is 5.05. The Morgan fingerprint density at radius 2 is 1.81 bits per heavy atom. The molecule has 3 amide bonds. The number of nitrogens with two attached hydrogens (primary N) is 2. The second kappa shape index (κ2) is 7.49. The number of hydrogen-bond acceptors (Lipinski definition) is 4. The van der Waals surface area contributed by atoms with Gasteiger partial charge >= 0.3 is 12.0 Å². The summed E-state index contributed by atoms with van der Waals surface area (Å²) in [5, 5.41) is 2.94. The predicted molar refractivity (Wildman–Crippen MR) is 76.3 cm³/mol. The van der Waals surface area contributed by atoms with Crippen molar-refractivity contribution < 1.29 is 19.1 Å². The normalized spacial score (nSPS) is 13.0. The maximum Gasteiger partial charge on any atom is 0.312 e. The highest BCUT2D eigenvalue weighted by Gasteiger charge is 2.21.